The number of rotatable bonds is 8. The predicted octanol–water partition coefficient (Wildman–Crippen LogP) is 4.12. The number of benzene rings is 3. The van der Waals surface area contributed by atoms with Crippen molar-refractivity contribution in [3.63, 3.8) is 0 Å². The second kappa shape index (κ2) is 10.4. The number of methoxy groups -OCH3 is 1. The minimum Gasteiger partial charge on any atom is -0.494 e. The molecule has 4 aromatic rings. The minimum atomic E-state index is -0.329. The third-order valence-corrected chi connectivity index (χ3v) is 5.77. The topological polar surface area (TPSA) is 90.6 Å². The van der Waals surface area contributed by atoms with Crippen LogP contribution in [0.25, 0.3) is 22.2 Å². The maximum atomic E-state index is 12.9. The van der Waals surface area contributed by atoms with Crippen molar-refractivity contribution in [3.8, 4) is 16.9 Å². The molecule has 0 unspecified atom stereocenters. The summed E-state index contributed by atoms with van der Waals surface area (Å²) < 4.78 is 5.47. The van der Waals surface area contributed by atoms with E-state index < -0.39 is 0 Å². The Balaban J connectivity index is 1.53. The number of likely N-dealkylation sites (N-methyl/N-ethyl adjacent to an activating group) is 2. The van der Waals surface area contributed by atoms with Crippen molar-refractivity contribution in [3.05, 3.63) is 77.9 Å². The van der Waals surface area contributed by atoms with E-state index in [0.29, 0.717) is 34.9 Å². The van der Waals surface area contributed by atoms with E-state index in [1.54, 1.807) is 43.3 Å². The summed E-state index contributed by atoms with van der Waals surface area (Å²) in [5.74, 6) is 0.508. The Kier molecular flexibility index (Phi) is 7.12. The number of amides is 2. The van der Waals surface area contributed by atoms with Crippen LogP contribution >= 0.6 is 0 Å². The zero-order valence-electron chi connectivity index (χ0n) is 20.3. The van der Waals surface area contributed by atoms with Gasteiger partial charge in [-0.25, -0.2) is 4.98 Å². The predicted molar refractivity (Wildman–Crippen MR) is 138 cm³/mol. The van der Waals surface area contributed by atoms with Crippen LogP contribution in [-0.4, -0.2) is 72.9 Å². The lowest BCUT2D eigenvalue weighted by Gasteiger charge is -2.19. The lowest BCUT2D eigenvalue weighted by Crippen LogP contribution is -2.33. The smallest absolute Gasteiger partial charge is 0.257 e. The minimum absolute atomic E-state index is 0.0865. The number of aromatic amines is 1. The van der Waals surface area contributed by atoms with Gasteiger partial charge >= 0.3 is 0 Å². The number of hydrogen-bond acceptors (Lipinski definition) is 5. The third-order valence-electron chi connectivity index (χ3n) is 5.77. The van der Waals surface area contributed by atoms with Crippen molar-refractivity contribution in [2.45, 2.75) is 0 Å². The molecule has 0 radical (unpaired) electrons. The Morgan fingerprint density at radius 2 is 1.60 bits per heavy atom. The quantitative estimate of drug-likeness (QED) is 0.403. The molecule has 2 amide bonds. The molecule has 0 aliphatic heterocycles. The Morgan fingerprint density at radius 3 is 2.26 bits per heavy atom. The first-order valence-electron chi connectivity index (χ1n) is 11.3. The summed E-state index contributed by atoms with van der Waals surface area (Å²) in [5, 5.41) is 2.82. The number of fused-ring (bicyclic) bond motifs is 1. The summed E-state index contributed by atoms with van der Waals surface area (Å²) in [4.78, 5) is 37.0. The molecule has 0 spiro atoms. The molecule has 0 atom stereocenters. The van der Waals surface area contributed by atoms with Gasteiger partial charge in [0.05, 0.1) is 12.6 Å². The van der Waals surface area contributed by atoms with Crippen LogP contribution in [-0.2, 0) is 0 Å². The highest BCUT2D eigenvalue weighted by molar-refractivity contribution is 6.05. The average Bonchev–Trinajstić information content (AvgIpc) is 3.30. The summed E-state index contributed by atoms with van der Waals surface area (Å²) >= 11 is 0. The van der Waals surface area contributed by atoms with Crippen LogP contribution in [0.5, 0.6) is 5.75 Å². The summed E-state index contributed by atoms with van der Waals surface area (Å²) in [7, 11) is 7.29. The number of carbonyl (C=O) groups is 2. The Hall–Kier alpha value is -4.17. The molecule has 8 nitrogen and oxygen atoms in total. The van der Waals surface area contributed by atoms with Gasteiger partial charge in [-0.1, -0.05) is 30.3 Å². The van der Waals surface area contributed by atoms with Crippen molar-refractivity contribution in [1.29, 1.82) is 0 Å². The zero-order valence-corrected chi connectivity index (χ0v) is 20.3. The van der Waals surface area contributed by atoms with Crippen molar-refractivity contribution in [2.24, 2.45) is 0 Å². The van der Waals surface area contributed by atoms with Crippen molar-refractivity contribution in [2.75, 3.05) is 46.7 Å². The van der Waals surface area contributed by atoms with Crippen LogP contribution in [0.2, 0.25) is 0 Å². The molecule has 4 rings (SSSR count). The Bertz CT molecular complexity index is 1330. The number of nitrogens with zero attached hydrogens (tertiary/aromatic N) is 3. The third kappa shape index (κ3) is 5.33. The maximum absolute atomic E-state index is 12.9. The highest BCUT2D eigenvalue weighted by Crippen LogP contribution is 2.33. The summed E-state index contributed by atoms with van der Waals surface area (Å²) in [6.07, 6.45) is 0. The highest BCUT2D eigenvalue weighted by atomic mass is 16.5. The molecular weight excluding hydrogens is 442 g/mol. The van der Waals surface area contributed by atoms with Gasteiger partial charge in [0.1, 0.15) is 11.3 Å². The summed E-state index contributed by atoms with van der Waals surface area (Å²) in [6.45, 7) is 1.39. The van der Waals surface area contributed by atoms with Crippen LogP contribution in [0.1, 0.15) is 20.7 Å². The van der Waals surface area contributed by atoms with E-state index in [4.69, 9.17) is 4.74 Å². The molecule has 0 aliphatic carbocycles. The first-order chi connectivity index (χ1) is 16.9. The van der Waals surface area contributed by atoms with Crippen LogP contribution in [0.15, 0.2) is 66.7 Å². The molecule has 8 heteroatoms. The first kappa shape index (κ1) is 24.0. The van der Waals surface area contributed by atoms with Crippen molar-refractivity contribution >= 4 is 28.8 Å². The molecule has 1 heterocycles. The molecule has 35 heavy (non-hydrogen) atoms. The number of hydrogen-bond donors (Lipinski definition) is 2. The molecule has 0 saturated carbocycles. The standard InChI is InChI=1S/C27H29N5O3/c1-31(2)16-17-32(3)26(34)20-12-10-19(11-13-20)25(33)30-27-28-23-21(18-8-6-5-7-9-18)14-15-22(35-4)24(23)29-27/h5-15H,16-17H2,1-4H3,(H2,28,29,30,33). The van der Waals surface area contributed by atoms with Gasteiger partial charge < -0.3 is 19.5 Å². The lowest BCUT2D eigenvalue weighted by atomic mass is 10.0. The van der Waals surface area contributed by atoms with Gasteiger partial charge in [0.2, 0.25) is 5.95 Å². The normalized spacial score (nSPS) is 11.0. The number of ether oxygens (including phenoxy) is 1. The number of aromatic nitrogens is 2. The monoisotopic (exact) mass is 471 g/mol. The Morgan fingerprint density at radius 1 is 0.914 bits per heavy atom. The summed E-state index contributed by atoms with van der Waals surface area (Å²) in [5.41, 5.74) is 4.34. The van der Waals surface area contributed by atoms with E-state index in [-0.39, 0.29) is 11.8 Å². The van der Waals surface area contributed by atoms with Gasteiger partial charge in [-0.3, -0.25) is 14.9 Å². The molecule has 0 bridgehead atoms. The number of imidazole rings is 1. The number of anilines is 1. The highest BCUT2D eigenvalue weighted by Gasteiger charge is 2.17. The van der Waals surface area contributed by atoms with E-state index in [9.17, 15) is 9.59 Å². The molecule has 3 aromatic carbocycles. The van der Waals surface area contributed by atoms with Crippen molar-refractivity contribution < 1.29 is 14.3 Å². The molecule has 2 N–H and O–H groups in total. The van der Waals surface area contributed by atoms with Gasteiger partial charge in [0, 0.05) is 36.8 Å². The van der Waals surface area contributed by atoms with Gasteiger partial charge in [-0.15, -0.1) is 0 Å². The van der Waals surface area contributed by atoms with Gasteiger partial charge in [0.15, 0.2) is 0 Å². The summed E-state index contributed by atoms with van der Waals surface area (Å²) in [6, 6.07) is 20.4. The van der Waals surface area contributed by atoms with Gasteiger partial charge in [-0.05, 0) is 56.1 Å². The van der Waals surface area contributed by atoms with Crippen LogP contribution in [0.3, 0.4) is 0 Å². The second-order valence-electron chi connectivity index (χ2n) is 8.55. The van der Waals surface area contributed by atoms with E-state index in [0.717, 1.165) is 23.2 Å². The number of carbonyl (C=O) groups excluding carboxylic acids is 2. The fourth-order valence-corrected chi connectivity index (χ4v) is 3.77. The number of nitrogens with one attached hydrogen (secondary N) is 2. The maximum Gasteiger partial charge on any atom is 0.257 e. The number of H-pyrrole nitrogens is 1. The first-order valence-corrected chi connectivity index (χ1v) is 11.3. The van der Waals surface area contributed by atoms with Crippen LogP contribution in [0, 0.1) is 0 Å². The lowest BCUT2D eigenvalue weighted by molar-refractivity contribution is 0.0785. The zero-order chi connectivity index (χ0) is 24.9. The fourth-order valence-electron chi connectivity index (χ4n) is 3.77. The molecular formula is C27H29N5O3. The largest absolute Gasteiger partial charge is 0.494 e. The van der Waals surface area contributed by atoms with E-state index in [2.05, 4.69) is 15.3 Å². The van der Waals surface area contributed by atoms with E-state index >= 15 is 0 Å². The SMILES string of the molecule is COc1ccc(-c2ccccc2)c2[nH]c(NC(=O)c3ccc(C(=O)N(C)CCN(C)C)cc3)nc12. The molecule has 0 fully saturated rings. The van der Waals surface area contributed by atoms with E-state index in [1.807, 2.05) is 61.5 Å². The van der Waals surface area contributed by atoms with Gasteiger partial charge in [-0.2, -0.15) is 0 Å². The molecule has 0 aliphatic rings. The van der Waals surface area contributed by atoms with Gasteiger partial charge in [0.25, 0.3) is 11.8 Å². The molecule has 180 valence electrons. The van der Waals surface area contributed by atoms with Crippen LogP contribution in [0.4, 0.5) is 5.95 Å². The van der Waals surface area contributed by atoms with Crippen molar-refractivity contribution in [1.82, 2.24) is 19.8 Å². The average molecular weight is 472 g/mol. The second-order valence-corrected chi connectivity index (χ2v) is 8.55. The molecule has 1 aromatic heterocycles. The Labute approximate surface area is 204 Å². The molecule has 0 saturated heterocycles. The van der Waals surface area contributed by atoms with E-state index in [1.165, 1.54) is 0 Å². The van der Waals surface area contributed by atoms with Crippen LogP contribution < -0.4 is 10.1 Å². The fraction of sp³-hybridized carbons (Fsp3) is 0.222.